The van der Waals surface area contributed by atoms with Gasteiger partial charge < -0.3 is 15.0 Å². The van der Waals surface area contributed by atoms with Crippen molar-refractivity contribution >= 4 is 50.5 Å². The van der Waals surface area contributed by atoms with Gasteiger partial charge in [0.05, 0.1) is 31.3 Å². The molecule has 0 spiro atoms. The van der Waals surface area contributed by atoms with Crippen LogP contribution in [0.3, 0.4) is 0 Å². The number of carbonyl (C=O) groups is 1. The number of hydrogen-bond donors (Lipinski definition) is 1. The molecule has 3 heterocycles. The summed E-state index contributed by atoms with van der Waals surface area (Å²) in [7, 11) is 0. The van der Waals surface area contributed by atoms with Crippen LogP contribution < -0.4 is 10.2 Å². The van der Waals surface area contributed by atoms with Gasteiger partial charge in [-0.2, -0.15) is 5.10 Å². The van der Waals surface area contributed by atoms with E-state index in [1.165, 1.54) is 0 Å². The van der Waals surface area contributed by atoms with Crippen molar-refractivity contribution in [2.24, 2.45) is 0 Å². The first-order valence-corrected chi connectivity index (χ1v) is 12.2. The number of fused-ring (bicyclic) bond motifs is 1. The Hall–Kier alpha value is -2.17. The molecule has 10 heteroatoms. The molecular formula is C21H25BrN6O2S. The number of carbonyl (C=O) groups excluding carboxylic acids is 1. The Kier molecular flexibility index (Phi) is 7.41. The van der Waals surface area contributed by atoms with E-state index in [9.17, 15) is 4.79 Å². The number of halogens is 1. The summed E-state index contributed by atoms with van der Waals surface area (Å²) in [6.07, 6.45) is 2.88. The predicted molar refractivity (Wildman–Crippen MR) is 126 cm³/mol. The third-order valence-corrected chi connectivity index (χ3v) is 6.44. The average molecular weight is 505 g/mol. The van der Waals surface area contributed by atoms with E-state index in [1.54, 1.807) is 23.9 Å². The van der Waals surface area contributed by atoms with Crippen LogP contribution in [0.2, 0.25) is 0 Å². The summed E-state index contributed by atoms with van der Waals surface area (Å²) < 4.78 is 8.22. The van der Waals surface area contributed by atoms with Crippen LogP contribution >= 0.6 is 27.7 Å². The Bertz CT molecular complexity index is 1050. The standard InChI is InChI=1S/C21H25BrN6O2S/c1-2-12-31-21-25-18(27-8-10-30-11-9-27)17-14-24-28(19(17)26-21)7-6-23-20(29)15-4-3-5-16(22)13-15/h3-5,13-14H,2,6-12H2,1H3,(H,23,29). The summed E-state index contributed by atoms with van der Waals surface area (Å²) in [5, 5.41) is 9.20. The molecule has 1 fully saturated rings. The number of amides is 1. The van der Waals surface area contributed by atoms with E-state index in [4.69, 9.17) is 14.7 Å². The normalized spacial score (nSPS) is 14.2. The number of aromatic nitrogens is 4. The Morgan fingerprint density at radius 1 is 1.29 bits per heavy atom. The average Bonchev–Trinajstić information content (AvgIpc) is 3.20. The zero-order chi connectivity index (χ0) is 21.6. The number of hydrogen-bond acceptors (Lipinski definition) is 7. The molecule has 3 aromatic rings. The second-order valence-corrected chi connectivity index (χ2v) is 9.13. The van der Waals surface area contributed by atoms with Gasteiger partial charge in [0.2, 0.25) is 0 Å². The number of rotatable bonds is 8. The van der Waals surface area contributed by atoms with Crippen LogP contribution in [0.4, 0.5) is 5.82 Å². The van der Waals surface area contributed by atoms with E-state index in [2.05, 4.69) is 38.2 Å². The van der Waals surface area contributed by atoms with Gasteiger partial charge in [-0.25, -0.2) is 14.6 Å². The van der Waals surface area contributed by atoms with Crippen molar-refractivity contribution in [2.45, 2.75) is 25.0 Å². The maximum atomic E-state index is 12.4. The molecule has 0 radical (unpaired) electrons. The molecule has 1 aliphatic heterocycles. The van der Waals surface area contributed by atoms with Crippen molar-refractivity contribution in [3.05, 3.63) is 40.5 Å². The number of nitrogens with one attached hydrogen (secondary N) is 1. The fraction of sp³-hybridized carbons (Fsp3) is 0.429. The Morgan fingerprint density at radius 2 is 2.13 bits per heavy atom. The van der Waals surface area contributed by atoms with E-state index in [0.717, 1.165) is 51.7 Å². The maximum Gasteiger partial charge on any atom is 0.251 e. The first kappa shape index (κ1) is 22.0. The predicted octanol–water partition coefficient (Wildman–Crippen LogP) is 3.36. The van der Waals surface area contributed by atoms with Crippen LogP contribution in [0.5, 0.6) is 0 Å². The summed E-state index contributed by atoms with van der Waals surface area (Å²) in [5.74, 6) is 1.77. The van der Waals surface area contributed by atoms with Gasteiger partial charge in [-0.1, -0.05) is 40.7 Å². The zero-order valence-corrected chi connectivity index (χ0v) is 19.8. The second-order valence-electron chi connectivity index (χ2n) is 7.15. The SMILES string of the molecule is CCCSc1nc(N2CCOCC2)c2cnn(CCNC(=O)c3cccc(Br)c3)c2n1. The molecule has 31 heavy (non-hydrogen) atoms. The van der Waals surface area contributed by atoms with E-state index in [-0.39, 0.29) is 5.91 Å². The minimum atomic E-state index is -0.111. The van der Waals surface area contributed by atoms with Gasteiger partial charge in [-0.05, 0) is 24.6 Å². The molecule has 1 aromatic carbocycles. The monoisotopic (exact) mass is 504 g/mol. The second kappa shape index (κ2) is 10.4. The summed E-state index contributed by atoms with van der Waals surface area (Å²) in [6, 6.07) is 7.34. The van der Waals surface area contributed by atoms with Crippen LogP contribution in [0.25, 0.3) is 11.0 Å². The molecule has 1 saturated heterocycles. The van der Waals surface area contributed by atoms with E-state index >= 15 is 0 Å². The van der Waals surface area contributed by atoms with Crippen molar-refractivity contribution in [2.75, 3.05) is 43.5 Å². The van der Waals surface area contributed by atoms with E-state index in [1.807, 2.05) is 23.0 Å². The van der Waals surface area contributed by atoms with E-state index in [0.29, 0.717) is 31.9 Å². The lowest BCUT2D eigenvalue weighted by Crippen LogP contribution is -2.37. The van der Waals surface area contributed by atoms with Gasteiger partial charge in [-0.3, -0.25) is 4.79 Å². The third-order valence-electron chi connectivity index (χ3n) is 4.90. The maximum absolute atomic E-state index is 12.4. The highest BCUT2D eigenvalue weighted by molar-refractivity contribution is 9.10. The van der Waals surface area contributed by atoms with Gasteiger partial charge in [0, 0.05) is 35.4 Å². The molecule has 2 aromatic heterocycles. The Labute approximate surface area is 193 Å². The number of benzene rings is 1. The first-order chi connectivity index (χ1) is 15.2. The highest BCUT2D eigenvalue weighted by Gasteiger charge is 2.20. The van der Waals surface area contributed by atoms with Crippen LogP contribution in [-0.2, 0) is 11.3 Å². The number of ether oxygens (including phenoxy) is 1. The zero-order valence-electron chi connectivity index (χ0n) is 17.4. The number of anilines is 1. The van der Waals surface area contributed by atoms with Crippen molar-refractivity contribution in [3.8, 4) is 0 Å². The minimum Gasteiger partial charge on any atom is -0.378 e. The highest BCUT2D eigenvalue weighted by Crippen LogP contribution is 2.28. The van der Waals surface area contributed by atoms with Crippen LogP contribution in [0.15, 0.2) is 40.1 Å². The lowest BCUT2D eigenvalue weighted by atomic mass is 10.2. The molecule has 8 nitrogen and oxygen atoms in total. The molecule has 0 bridgehead atoms. The summed E-state index contributed by atoms with van der Waals surface area (Å²) in [5.41, 5.74) is 1.42. The van der Waals surface area contributed by atoms with Crippen molar-refractivity contribution < 1.29 is 9.53 Å². The third kappa shape index (κ3) is 5.36. The largest absolute Gasteiger partial charge is 0.378 e. The Balaban J connectivity index is 1.52. The number of thioether (sulfide) groups is 1. The van der Waals surface area contributed by atoms with Crippen molar-refractivity contribution in [3.63, 3.8) is 0 Å². The first-order valence-electron chi connectivity index (χ1n) is 10.4. The van der Waals surface area contributed by atoms with Gasteiger partial charge in [0.15, 0.2) is 10.8 Å². The fourth-order valence-corrected chi connectivity index (χ4v) is 4.45. The van der Waals surface area contributed by atoms with Crippen LogP contribution in [0.1, 0.15) is 23.7 Å². The molecule has 4 rings (SSSR count). The number of nitrogens with zero attached hydrogens (tertiary/aromatic N) is 5. The Morgan fingerprint density at radius 3 is 2.90 bits per heavy atom. The lowest BCUT2D eigenvalue weighted by molar-refractivity contribution is 0.0952. The molecule has 0 aliphatic carbocycles. The molecule has 0 saturated carbocycles. The summed E-state index contributed by atoms with van der Waals surface area (Å²) in [4.78, 5) is 24.3. The van der Waals surface area contributed by atoms with Gasteiger partial charge in [0.1, 0.15) is 5.82 Å². The van der Waals surface area contributed by atoms with Crippen molar-refractivity contribution in [1.29, 1.82) is 0 Å². The summed E-state index contributed by atoms with van der Waals surface area (Å²) in [6.45, 7) is 6.12. The molecule has 1 amide bonds. The summed E-state index contributed by atoms with van der Waals surface area (Å²) >= 11 is 5.06. The van der Waals surface area contributed by atoms with E-state index < -0.39 is 0 Å². The topological polar surface area (TPSA) is 85.2 Å². The van der Waals surface area contributed by atoms with Gasteiger partial charge >= 0.3 is 0 Å². The number of morpholine rings is 1. The quantitative estimate of drug-likeness (QED) is 0.371. The van der Waals surface area contributed by atoms with Gasteiger partial charge in [-0.15, -0.1) is 0 Å². The molecule has 1 aliphatic rings. The smallest absolute Gasteiger partial charge is 0.251 e. The fourth-order valence-electron chi connectivity index (χ4n) is 3.37. The lowest BCUT2D eigenvalue weighted by Gasteiger charge is -2.28. The molecule has 164 valence electrons. The highest BCUT2D eigenvalue weighted by atomic mass is 79.9. The van der Waals surface area contributed by atoms with Crippen LogP contribution in [0, 0.1) is 0 Å². The van der Waals surface area contributed by atoms with Crippen molar-refractivity contribution in [1.82, 2.24) is 25.1 Å². The minimum absolute atomic E-state index is 0.111. The molecule has 0 unspecified atom stereocenters. The van der Waals surface area contributed by atoms with Gasteiger partial charge in [0.25, 0.3) is 5.91 Å². The molecule has 0 atom stereocenters. The van der Waals surface area contributed by atoms with Crippen LogP contribution in [-0.4, -0.2) is 64.3 Å². The molecular weight excluding hydrogens is 480 g/mol. The molecule has 1 N–H and O–H groups in total.